The van der Waals surface area contributed by atoms with Crippen LogP contribution in [0.3, 0.4) is 0 Å². The number of rotatable bonds is 7. The molecule has 0 aliphatic rings. The fourth-order valence-electron chi connectivity index (χ4n) is 4.55. The van der Waals surface area contributed by atoms with Crippen molar-refractivity contribution >= 4 is 16.8 Å². The largest absolute Gasteiger partial charge is 0.495 e. The standard InChI is InChI=1S/C31H27N3O4/c1-21(23-10-4-3-5-11-23)32-29(35)24-18-16-22(17-19-24)20-33-26-13-7-6-12-25(26)30(36)34(31(33)37)27-14-8-9-15-28(27)38-2/h3-19,21H,20H2,1-2H3,(H,32,35)/t21-/m0/s1. The van der Waals surface area contributed by atoms with Gasteiger partial charge in [0.15, 0.2) is 0 Å². The molecule has 1 N–H and O–H groups in total. The average molecular weight is 506 g/mol. The molecule has 1 atom stereocenters. The van der Waals surface area contributed by atoms with E-state index in [-0.39, 0.29) is 18.5 Å². The number of carbonyl (C=O) groups excluding carboxylic acids is 1. The van der Waals surface area contributed by atoms with E-state index in [4.69, 9.17) is 4.74 Å². The molecule has 0 saturated carbocycles. The molecule has 7 nitrogen and oxygen atoms in total. The van der Waals surface area contributed by atoms with Crippen molar-refractivity contribution in [1.29, 1.82) is 0 Å². The number of methoxy groups -OCH3 is 1. The van der Waals surface area contributed by atoms with Gasteiger partial charge in [-0.3, -0.25) is 14.2 Å². The van der Waals surface area contributed by atoms with Gasteiger partial charge in [-0.25, -0.2) is 9.36 Å². The number of hydrogen-bond donors (Lipinski definition) is 1. The zero-order valence-corrected chi connectivity index (χ0v) is 21.1. The van der Waals surface area contributed by atoms with Gasteiger partial charge in [0.05, 0.1) is 36.3 Å². The summed E-state index contributed by atoms with van der Waals surface area (Å²) < 4.78 is 8.14. The van der Waals surface area contributed by atoms with E-state index in [2.05, 4.69) is 5.32 Å². The summed E-state index contributed by atoms with van der Waals surface area (Å²) in [5.74, 6) is 0.244. The van der Waals surface area contributed by atoms with E-state index < -0.39 is 11.2 Å². The molecule has 1 aromatic heterocycles. The quantitative estimate of drug-likeness (QED) is 0.348. The van der Waals surface area contributed by atoms with Crippen LogP contribution in [0.5, 0.6) is 5.75 Å². The SMILES string of the molecule is COc1ccccc1-n1c(=O)c2ccccc2n(Cc2ccc(C(=O)N[C@@H](C)c3ccccc3)cc2)c1=O. The maximum atomic E-state index is 13.7. The monoisotopic (exact) mass is 505 g/mol. The molecule has 0 unspecified atom stereocenters. The van der Waals surface area contributed by atoms with Gasteiger partial charge < -0.3 is 10.1 Å². The van der Waals surface area contributed by atoms with Crippen LogP contribution in [0.25, 0.3) is 16.6 Å². The van der Waals surface area contributed by atoms with Gasteiger partial charge in [0.25, 0.3) is 11.5 Å². The maximum Gasteiger partial charge on any atom is 0.336 e. The van der Waals surface area contributed by atoms with E-state index in [0.29, 0.717) is 27.9 Å². The van der Waals surface area contributed by atoms with Crippen LogP contribution in [0.2, 0.25) is 0 Å². The summed E-state index contributed by atoms with van der Waals surface area (Å²) in [7, 11) is 1.50. The number of amides is 1. The summed E-state index contributed by atoms with van der Waals surface area (Å²) in [5.41, 5.74) is 2.38. The van der Waals surface area contributed by atoms with Crippen LogP contribution < -0.4 is 21.3 Å². The number of carbonyl (C=O) groups is 1. The highest BCUT2D eigenvalue weighted by atomic mass is 16.5. The predicted molar refractivity (Wildman–Crippen MR) is 148 cm³/mol. The van der Waals surface area contributed by atoms with Gasteiger partial charge in [-0.15, -0.1) is 0 Å². The van der Waals surface area contributed by atoms with Crippen LogP contribution in [0.15, 0.2) is 113 Å². The fourth-order valence-corrected chi connectivity index (χ4v) is 4.55. The summed E-state index contributed by atoms with van der Waals surface area (Å²) in [6.07, 6.45) is 0. The molecule has 1 amide bonds. The molecule has 0 saturated heterocycles. The molecule has 5 aromatic rings. The molecule has 0 spiro atoms. The van der Waals surface area contributed by atoms with Crippen molar-refractivity contribution in [1.82, 2.24) is 14.5 Å². The van der Waals surface area contributed by atoms with Crippen molar-refractivity contribution in [3.05, 3.63) is 141 Å². The molecule has 38 heavy (non-hydrogen) atoms. The van der Waals surface area contributed by atoms with Crippen molar-refractivity contribution in [3.8, 4) is 11.4 Å². The van der Waals surface area contributed by atoms with Crippen molar-refractivity contribution in [2.24, 2.45) is 0 Å². The van der Waals surface area contributed by atoms with E-state index in [1.807, 2.05) is 49.4 Å². The molecule has 0 bridgehead atoms. The lowest BCUT2D eigenvalue weighted by Crippen LogP contribution is -2.39. The van der Waals surface area contributed by atoms with Crippen LogP contribution in [0.4, 0.5) is 0 Å². The van der Waals surface area contributed by atoms with Crippen LogP contribution in [0, 0.1) is 0 Å². The van der Waals surface area contributed by atoms with E-state index in [1.165, 1.54) is 7.11 Å². The summed E-state index contributed by atoms with van der Waals surface area (Å²) >= 11 is 0. The number of fused-ring (bicyclic) bond motifs is 1. The second kappa shape index (κ2) is 10.6. The number of aromatic nitrogens is 2. The molecule has 190 valence electrons. The normalized spacial score (nSPS) is 11.7. The van der Waals surface area contributed by atoms with E-state index in [1.54, 1.807) is 65.2 Å². The zero-order chi connectivity index (χ0) is 26.6. The summed E-state index contributed by atoms with van der Waals surface area (Å²) in [4.78, 5) is 39.9. The predicted octanol–water partition coefficient (Wildman–Crippen LogP) is 4.70. The number of benzene rings is 4. The Labute approximate surface area is 219 Å². The third-order valence-corrected chi connectivity index (χ3v) is 6.58. The highest BCUT2D eigenvalue weighted by Crippen LogP contribution is 2.21. The van der Waals surface area contributed by atoms with Crippen molar-refractivity contribution in [2.75, 3.05) is 7.11 Å². The lowest BCUT2D eigenvalue weighted by molar-refractivity contribution is 0.0940. The highest BCUT2D eigenvalue weighted by Gasteiger charge is 2.17. The van der Waals surface area contributed by atoms with Gasteiger partial charge in [0.1, 0.15) is 5.75 Å². The molecule has 5 rings (SSSR count). The molecular weight excluding hydrogens is 478 g/mol. The number of nitrogens with one attached hydrogen (secondary N) is 1. The minimum atomic E-state index is -0.475. The van der Waals surface area contributed by atoms with E-state index in [0.717, 1.165) is 15.7 Å². The van der Waals surface area contributed by atoms with Gasteiger partial charge >= 0.3 is 5.69 Å². The van der Waals surface area contributed by atoms with Gasteiger partial charge in [0.2, 0.25) is 0 Å². The molecule has 4 aromatic carbocycles. The van der Waals surface area contributed by atoms with Crippen LogP contribution in [-0.4, -0.2) is 22.2 Å². The van der Waals surface area contributed by atoms with Gasteiger partial charge in [0, 0.05) is 5.56 Å². The van der Waals surface area contributed by atoms with Crippen molar-refractivity contribution in [3.63, 3.8) is 0 Å². The molecule has 1 heterocycles. The summed E-state index contributed by atoms with van der Waals surface area (Å²) in [5, 5.41) is 3.43. The highest BCUT2D eigenvalue weighted by molar-refractivity contribution is 5.94. The van der Waals surface area contributed by atoms with Crippen molar-refractivity contribution in [2.45, 2.75) is 19.5 Å². The molecule has 0 aliphatic heterocycles. The minimum absolute atomic E-state index is 0.135. The Hall–Kier alpha value is -4.91. The van der Waals surface area contributed by atoms with Gasteiger partial charge in [-0.05, 0) is 54.4 Å². The molecular formula is C31H27N3O4. The second-order valence-corrected chi connectivity index (χ2v) is 9.00. The lowest BCUT2D eigenvalue weighted by Gasteiger charge is -2.16. The molecule has 0 radical (unpaired) electrons. The molecule has 7 heteroatoms. The average Bonchev–Trinajstić information content (AvgIpc) is 2.96. The maximum absolute atomic E-state index is 13.7. The Morgan fingerprint density at radius 1 is 0.842 bits per heavy atom. The third kappa shape index (κ3) is 4.74. The van der Waals surface area contributed by atoms with E-state index >= 15 is 0 Å². The van der Waals surface area contributed by atoms with E-state index in [9.17, 15) is 14.4 Å². The molecule has 0 fully saturated rings. The zero-order valence-electron chi connectivity index (χ0n) is 21.1. The summed E-state index contributed by atoms with van der Waals surface area (Å²) in [6.45, 7) is 2.16. The smallest absolute Gasteiger partial charge is 0.336 e. The Kier molecular flexibility index (Phi) is 6.91. The fraction of sp³-hybridized carbons (Fsp3) is 0.129. The van der Waals surface area contributed by atoms with Crippen molar-refractivity contribution < 1.29 is 9.53 Å². The second-order valence-electron chi connectivity index (χ2n) is 9.00. The van der Waals surface area contributed by atoms with Gasteiger partial charge in [-0.2, -0.15) is 0 Å². The third-order valence-electron chi connectivity index (χ3n) is 6.58. The topological polar surface area (TPSA) is 82.3 Å². The van der Waals surface area contributed by atoms with Gasteiger partial charge in [-0.1, -0.05) is 66.7 Å². The first kappa shape index (κ1) is 24.8. The molecule has 0 aliphatic carbocycles. The van der Waals surface area contributed by atoms with Crippen LogP contribution in [-0.2, 0) is 6.54 Å². The lowest BCUT2D eigenvalue weighted by atomic mass is 10.1. The first-order valence-electron chi connectivity index (χ1n) is 12.3. The number of para-hydroxylation sites is 3. The Morgan fingerprint density at radius 3 is 2.24 bits per heavy atom. The first-order valence-corrected chi connectivity index (χ1v) is 12.3. The first-order chi connectivity index (χ1) is 18.5. The van der Waals surface area contributed by atoms with Crippen LogP contribution >= 0.6 is 0 Å². The minimum Gasteiger partial charge on any atom is -0.495 e. The number of hydrogen-bond acceptors (Lipinski definition) is 4. The van der Waals surface area contributed by atoms with Crippen LogP contribution in [0.1, 0.15) is 34.5 Å². The number of nitrogens with zero attached hydrogens (tertiary/aromatic N) is 2. The Balaban J connectivity index is 1.49. The Bertz CT molecular complexity index is 1720. The number of ether oxygens (including phenoxy) is 1. The Morgan fingerprint density at radius 2 is 1.50 bits per heavy atom. The summed E-state index contributed by atoms with van der Waals surface area (Å²) in [6, 6.07) is 30.7.